The van der Waals surface area contributed by atoms with Gasteiger partial charge in [0.2, 0.25) is 5.91 Å². The number of nitrogens with one attached hydrogen (secondary N) is 2. The van der Waals surface area contributed by atoms with Crippen molar-refractivity contribution in [3.8, 4) is 0 Å². The molecule has 0 radical (unpaired) electrons. The minimum atomic E-state index is -0.737. The van der Waals surface area contributed by atoms with Crippen molar-refractivity contribution in [3.05, 3.63) is 0 Å². The Balaban J connectivity index is 1.98. The average molecular weight is 298 g/mol. The van der Waals surface area contributed by atoms with Gasteiger partial charge in [-0.25, -0.2) is 0 Å². The van der Waals surface area contributed by atoms with Crippen molar-refractivity contribution < 1.29 is 19.4 Å². The second-order valence-electron chi connectivity index (χ2n) is 6.77. The van der Waals surface area contributed by atoms with Crippen LogP contribution in [0.25, 0.3) is 0 Å². The second-order valence-corrected chi connectivity index (χ2v) is 6.77. The Labute approximate surface area is 125 Å². The highest BCUT2D eigenvalue weighted by Crippen LogP contribution is 2.45. The molecule has 2 rings (SSSR count). The summed E-state index contributed by atoms with van der Waals surface area (Å²) in [6.07, 6.45) is 1.31. The van der Waals surface area contributed by atoms with Crippen LogP contribution >= 0.6 is 0 Å². The molecule has 6 nitrogen and oxygen atoms in total. The van der Waals surface area contributed by atoms with E-state index in [-0.39, 0.29) is 35.2 Å². The van der Waals surface area contributed by atoms with E-state index >= 15 is 0 Å². The van der Waals surface area contributed by atoms with Crippen molar-refractivity contribution in [3.63, 3.8) is 0 Å². The van der Waals surface area contributed by atoms with Crippen LogP contribution in [0, 0.1) is 17.3 Å². The lowest BCUT2D eigenvalue weighted by Gasteiger charge is -2.46. The van der Waals surface area contributed by atoms with Gasteiger partial charge in [-0.2, -0.15) is 0 Å². The van der Waals surface area contributed by atoms with Crippen LogP contribution in [0.5, 0.6) is 0 Å². The van der Waals surface area contributed by atoms with Crippen molar-refractivity contribution in [1.82, 2.24) is 10.6 Å². The molecule has 1 aliphatic heterocycles. The fourth-order valence-corrected chi connectivity index (χ4v) is 3.46. The molecule has 120 valence electrons. The van der Waals surface area contributed by atoms with E-state index in [1.54, 1.807) is 0 Å². The molecule has 4 atom stereocenters. The molecule has 0 spiro atoms. The molecule has 0 bridgehead atoms. The third-order valence-corrected chi connectivity index (χ3v) is 5.31. The summed E-state index contributed by atoms with van der Waals surface area (Å²) < 4.78 is 5.31. The Kier molecular flexibility index (Phi) is 4.88. The van der Waals surface area contributed by atoms with Gasteiger partial charge in [0, 0.05) is 12.6 Å². The summed E-state index contributed by atoms with van der Waals surface area (Å²) >= 11 is 0. The van der Waals surface area contributed by atoms with E-state index in [0.717, 1.165) is 0 Å². The van der Waals surface area contributed by atoms with E-state index in [9.17, 15) is 14.7 Å². The fourth-order valence-electron chi connectivity index (χ4n) is 3.46. The van der Waals surface area contributed by atoms with Crippen molar-refractivity contribution in [2.75, 3.05) is 19.8 Å². The van der Waals surface area contributed by atoms with E-state index in [1.807, 2.05) is 20.8 Å². The number of carbonyl (C=O) groups excluding carboxylic acids is 1. The Hall–Kier alpha value is -1.14. The topological polar surface area (TPSA) is 87.7 Å². The predicted octanol–water partition coefficient (Wildman–Crippen LogP) is 0.616. The molecule has 2 fully saturated rings. The van der Waals surface area contributed by atoms with Crippen molar-refractivity contribution in [2.45, 2.75) is 45.7 Å². The summed E-state index contributed by atoms with van der Waals surface area (Å²) in [5.74, 6) is -1.02. The quantitative estimate of drug-likeness (QED) is 0.711. The van der Waals surface area contributed by atoms with Crippen molar-refractivity contribution in [2.24, 2.45) is 17.3 Å². The van der Waals surface area contributed by atoms with Gasteiger partial charge in [0.25, 0.3) is 0 Å². The number of amides is 1. The van der Waals surface area contributed by atoms with Crippen LogP contribution in [0.4, 0.5) is 0 Å². The third-order valence-electron chi connectivity index (χ3n) is 5.31. The van der Waals surface area contributed by atoms with Crippen LogP contribution in [0.3, 0.4) is 0 Å². The number of hydrogen-bond donors (Lipinski definition) is 3. The molecular formula is C15H26N2O4. The Morgan fingerprint density at radius 1 is 1.33 bits per heavy atom. The highest BCUT2D eigenvalue weighted by Gasteiger charge is 2.46. The Morgan fingerprint density at radius 2 is 2.05 bits per heavy atom. The first-order chi connectivity index (χ1) is 9.84. The summed E-state index contributed by atoms with van der Waals surface area (Å²) in [4.78, 5) is 23.6. The lowest BCUT2D eigenvalue weighted by molar-refractivity contribution is -0.150. The van der Waals surface area contributed by atoms with Gasteiger partial charge >= 0.3 is 5.97 Å². The molecule has 3 N–H and O–H groups in total. The maximum atomic E-state index is 12.3. The number of ether oxygens (including phenoxy) is 1. The fraction of sp³-hybridized carbons (Fsp3) is 0.867. The zero-order valence-electron chi connectivity index (χ0n) is 13.0. The van der Waals surface area contributed by atoms with Crippen LogP contribution in [0.15, 0.2) is 0 Å². The Morgan fingerprint density at radius 3 is 2.62 bits per heavy atom. The first-order valence-corrected chi connectivity index (χ1v) is 7.68. The summed E-state index contributed by atoms with van der Waals surface area (Å²) in [6.45, 7) is 7.72. The van der Waals surface area contributed by atoms with E-state index < -0.39 is 5.97 Å². The summed E-state index contributed by atoms with van der Waals surface area (Å²) in [5, 5.41) is 15.6. The van der Waals surface area contributed by atoms with Crippen LogP contribution < -0.4 is 10.6 Å². The SMILES string of the molecule is CC1C(NC(=O)C2COCCN2)CCC(C(=O)O)C1(C)C. The molecule has 2 aliphatic rings. The average Bonchev–Trinajstić information content (AvgIpc) is 2.44. The number of carbonyl (C=O) groups is 2. The van der Waals surface area contributed by atoms with Gasteiger partial charge < -0.3 is 20.5 Å². The molecule has 1 saturated heterocycles. The van der Waals surface area contributed by atoms with Gasteiger partial charge in [0.15, 0.2) is 0 Å². The van der Waals surface area contributed by atoms with Crippen LogP contribution in [-0.4, -0.2) is 48.8 Å². The van der Waals surface area contributed by atoms with Crippen LogP contribution in [0.1, 0.15) is 33.6 Å². The molecule has 0 aromatic heterocycles. The van der Waals surface area contributed by atoms with E-state index in [0.29, 0.717) is 32.6 Å². The normalized spacial score (nSPS) is 36.0. The molecule has 6 heteroatoms. The standard InChI is InChI=1S/C15H26N2O4/c1-9-11(5-4-10(14(19)20)15(9,2)3)17-13(18)12-8-21-7-6-16-12/h9-12,16H,4-8H2,1-3H3,(H,17,18)(H,19,20). The maximum absolute atomic E-state index is 12.3. The Bertz CT molecular complexity index is 404. The van der Waals surface area contributed by atoms with E-state index in [2.05, 4.69) is 10.6 Å². The predicted molar refractivity (Wildman–Crippen MR) is 77.8 cm³/mol. The molecule has 4 unspecified atom stereocenters. The van der Waals surface area contributed by atoms with Gasteiger partial charge in [0.05, 0.1) is 19.1 Å². The van der Waals surface area contributed by atoms with Crippen molar-refractivity contribution >= 4 is 11.9 Å². The molecule has 0 aromatic rings. The highest BCUT2D eigenvalue weighted by molar-refractivity contribution is 5.82. The maximum Gasteiger partial charge on any atom is 0.307 e. The first-order valence-electron chi connectivity index (χ1n) is 7.68. The van der Waals surface area contributed by atoms with Gasteiger partial charge in [-0.15, -0.1) is 0 Å². The highest BCUT2D eigenvalue weighted by atomic mass is 16.5. The zero-order valence-corrected chi connectivity index (χ0v) is 13.0. The van der Waals surface area contributed by atoms with E-state index in [4.69, 9.17) is 4.74 Å². The van der Waals surface area contributed by atoms with E-state index in [1.165, 1.54) is 0 Å². The largest absolute Gasteiger partial charge is 0.481 e. The van der Waals surface area contributed by atoms with Crippen LogP contribution in [-0.2, 0) is 14.3 Å². The van der Waals surface area contributed by atoms with Crippen LogP contribution in [0.2, 0.25) is 0 Å². The first kappa shape index (κ1) is 16.2. The number of hydrogen-bond acceptors (Lipinski definition) is 4. The van der Waals surface area contributed by atoms with Gasteiger partial charge in [-0.1, -0.05) is 20.8 Å². The summed E-state index contributed by atoms with van der Waals surface area (Å²) in [6, 6.07) is -0.280. The number of morpholine rings is 1. The molecule has 1 heterocycles. The molecule has 1 aliphatic carbocycles. The summed E-state index contributed by atoms with van der Waals surface area (Å²) in [5.41, 5.74) is -0.335. The molecule has 21 heavy (non-hydrogen) atoms. The minimum Gasteiger partial charge on any atom is -0.481 e. The molecule has 1 saturated carbocycles. The zero-order chi connectivity index (χ0) is 15.6. The molecular weight excluding hydrogens is 272 g/mol. The minimum absolute atomic E-state index is 0.0202. The second kappa shape index (κ2) is 6.32. The van der Waals surface area contributed by atoms with Gasteiger partial charge in [-0.05, 0) is 24.2 Å². The smallest absolute Gasteiger partial charge is 0.307 e. The lowest BCUT2D eigenvalue weighted by Crippen LogP contribution is -2.57. The lowest BCUT2D eigenvalue weighted by atomic mass is 9.61. The summed E-state index contributed by atoms with van der Waals surface area (Å²) in [7, 11) is 0. The third kappa shape index (κ3) is 3.37. The number of carboxylic acid groups (broad SMARTS) is 1. The number of rotatable bonds is 3. The number of carboxylic acids is 1. The van der Waals surface area contributed by atoms with Gasteiger partial charge in [-0.3, -0.25) is 9.59 Å². The number of aliphatic carboxylic acids is 1. The molecule has 0 aromatic carbocycles. The van der Waals surface area contributed by atoms with Gasteiger partial charge in [0.1, 0.15) is 6.04 Å². The molecule has 1 amide bonds. The monoisotopic (exact) mass is 298 g/mol. The van der Waals surface area contributed by atoms with Crippen molar-refractivity contribution in [1.29, 1.82) is 0 Å².